The van der Waals surface area contributed by atoms with Gasteiger partial charge in [0.1, 0.15) is 11.5 Å². The largest absolute Gasteiger partial charge is 0.438 e. The minimum atomic E-state index is -1.00. The Bertz CT molecular complexity index is 512. The predicted molar refractivity (Wildman–Crippen MR) is 83.2 cm³/mol. The van der Waals surface area contributed by atoms with Gasteiger partial charge in [-0.1, -0.05) is 48.6 Å². The van der Waals surface area contributed by atoms with Crippen molar-refractivity contribution in [2.45, 2.75) is 18.5 Å². The van der Waals surface area contributed by atoms with Gasteiger partial charge in [0, 0.05) is 0 Å². The van der Waals surface area contributed by atoms with Crippen molar-refractivity contribution >= 4 is 8.38 Å². The molecular formula is C17H17O2P. The first-order chi connectivity index (χ1) is 9.92. The van der Waals surface area contributed by atoms with Crippen molar-refractivity contribution in [1.29, 1.82) is 0 Å². The number of hydrogen-bond donors (Lipinski definition) is 0. The molecule has 0 unspecified atom stereocenters. The first kappa shape index (κ1) is 13.2. The molecular weight excluding hydrogens is 267 g/mol. The lowest BCUT2D eigenvalue weighted by molar-refractivity contribution is 0.480. The molecule has 0 radical (unpaired) electrons. The highest BCUT2D eigenvalue weighted by Gasteiger charge is 2.27. The maximum absolute atomic E-state index is 6.09. The molecule has 3 heteroatoms. The fraction of sp³-hybridized carbons (Fsp3) is 0.176. The van der Waals surface area contributed by atoms with E-state index < -0.39 is 8.38 Å². The molecule has 20 heavy (non-hydrogen) atoms. The van der Waals surface area contributed by atoms with Crippen LogP contribution in [-0.2, 0) is 0 Å². The molecule has 102 valence electrons. The van der Waals surface area contributed by atoms with Crippen LogP contribution in [0.25, 0.3) is 0 Å². The summed E-state index contributed by atoms with van der Waals surface area (Å²) in [6, 6.07) is 19.8. The van der Waals surface area contributed by atoms with Gasteiger partial charge >= 0.3 is 0 Å². The Balaban J connectivity index is 1.75. The summed E-state index contributed by atoms with van der Waals surface area (Å²) in [5.41, 5.74) is 0.366. The number of rotatable bonds is 5. The third kappa shape index (κ3) is 3.40. The summed E-state index contributed by atoms with van der Waals surface area (Å²) in [6.45, 7) is 0. The quantitative estimate of drug-likeness (QED) is 0.556. The molecule has 0 fully saturated rings. The molecule has 0 saturated heterocycles. The van der Waals surface area contributed by atoms with Crippen LogP contribution in [0.3, 0.4) is 0 Å². The van der Waals surface area contributed by atoms with Gasteiger partial charge in [-0.25, -0.2) is 0 Å². The lowest BCUT2D eigenvalue weighted by atomic mass is 10.3. The van der Waals surface area contributed by atoms with Crippen LogP contribution in [0.5, 0.6) is 11.5 Å². The molecule has 0 spiro atoms. The normalized spacial score (nSPS) is 17.4. The minimum Gasteiger partial charge on any atom is -0.438 e. The predicted octanol–water partition coefficient (Wildman–Crippen LogP) is 5.17. The van der Waals surface area contributed by atoms with Crippen molar-refractivity contribution < 1.29 is 9.05 Å². The SMILES string of the molecule is C1=C[C@H](P(Oc2ccccc2)Oc2ccccc2)CC1. The molecule has 0 aromatic heterocycles. The second kappa shape index (κ2) is 6.58. The zero-order valence-corrected chi connectivity index (χ0v) is 12.1. The maximum Gasteiger partial charge on any atom is 0.297 e. The van der Waals surface area contributed by atoms with Gasteiger partial charge in [0.25, 0.3) is 8.38 Å². The van der Waals surface area contributed by atoms with E-state index in [1.807, 2.05) is 60.7 Å². The molecule has 1 atom stereocenters. The van der Waals surface area contributed by atoms with Crippen LogP contribution >= 0.6 is 8.38 Å². The van der Waals surface area contributed by atoms with E-state index in [1.165, 1.54) is 0 Å². The molecule has 0 heterocycles. The monoisotopic (exact) mass is 284 g/mol. The second-order valence-electron chi connectivity index (χ2n) is 4.67. The van der Waals surface area contributed by atoms with Crippen LogP contribution in [0.2, 0.25) is 0 Å². The van der Waals surface area contributed by atoms with Gasteiger partial charge in [-0.3, -0.25) is 0 Å². The van der Waals surface area contributed by atoms with Gasteiger partial charge in [0.2, 0.25) is 0 Å². The van der Waals surface area contributed by atoms with Crippen LogP contribution in [0.1, 0.15) is 12.8 Å². The molecule has 0 aliphatic heterocycles. The highest BCUT2D eigenvalue weighted by molar-refractivity contribution is 7.49. The average molecular weight is 284 g/mol. The Morgan fingerprint density at radius 2 is 1.35 bits per heavy atom. The lowest BCUT2D eigenvalue weighted by Crippen LogP contribution is -2.08. The van der Waals surface area contributed by atoms with Gasteiger partial charge in [-0.2, -0.15) is 0 Å². The number of allylic oxidation sites excluding steroid dienone is 2. The molecule has 0 bridgehead atoms. The Hall–Kier alpha value is -1.79. The number of hydrogen-bond acceptors (Lipinski definition) is 2. The molecule has 1 aliphatic carbocycles. The number of benzene rings is 2. The fourth-order valence-corrected chi connectivity index (χ4v) is 3.71. The van der Waals surface area contributed by atoms with Crippen LogP contribution < -0.4 is 9.05 Å². The van der Waals surface area contributed by atoms with E-state index >= 15 is 0 Å². The van der Waals surface area contributed by atoms with E-state index in [1.54, 1.807) is 0 Å². The van der Waals surface area contributed by atoms with E-state index in [0.717, 1.165) is 24.3 Å². The van der Waals surface area contributed by atoms with Gasteiger partial charge in [0.05, 0.1) is 5.66 Å². The fourth-order valence-electron chi connectivity index (χ4n) is 2.12. The minimum absolute atomic E-state index is 0.366. The highest BCUT2D eigenvalue weighted by Crippen LogP contribution is 2.48. The van der Waals surface area contributed by atoms with Crippen LogP contribution in [0.4, 0.5) is 0 Å². The third-order valence-corrected chi connectivity index (χ3v) is 4.89. The van der Waals surface area contributed by atoms with Crippen LogP contribution in [0.15, 0.2) is 72.8 Å². The Morgan fingerprint density at radius 3 is 1.80 bits per heavy atom. The second-order valence-corrected chi connectivity index (χ2v) is 6.27. The van der Waals surface area contributed by atoms with Gasteiger partial charge in [-0.15, -0.1) is 0 Å². The third-order valence-electron chi connectivity index (χ3n) is 3.14. The van der Waals surface area contributed by atoms with E-state index in [-0.39, 0.29) is 0 Å². The summed E-state index contributed by atoms with van der Waals surface area (Å²) in [4.78, 5) is 0. The molecule has 0 saturated carbocycles. The number of para-hydroxylation sites is 2. The van der Waals surface area contributed by atoms with E-state index in [4.69, 9.17) is 9.05 Å². The van der Waals surface area contributed by atoms with Crippen molar-refractivity contribution in [3.63, 3.8) is 0 Å². The summed E-state index contributed by atoms with van der Waals surface area (Å²) in [6.07, 6.45) is 6.64. The summed E-state index contributed by atoms with van der Waals surface area (Å²) in [5.74, 6) is 1.74. The average Bonchev–Trinajstić information content (AvgIpc) is 3.03. The molecule has 0 amide bonds. The summed E-state index contributed by atoms with van der Waals surface area (Å²) >= 11 is 0. The zero-order chi connectivity index (χ0) is 13.6. The smallest absolute Gasteiger partial charge is 0.297 e. The maximum atomic E-state index is 6.09. The van der Waals surface area contributed by atoms with Crippen molar-refractivity contribution in [3.8, 4) is 11.5 Å². The van der Waals surface area contributed by atoms with Crippen LogP contribution in [-0.4, -0.2) is 5.66 Å². The standard InChI is InChI=1S/C17H17O2P/c1-3-9-15(10-4-1)18-20(17-13-7-8-14-17)19-16-11-5-2-6-12-16/h1-7,9-13,17H,8,14H2/t17-/m0/s1. The first-order valence-corrected chi connectivity index (χ1v) is 8.08. The van der Waals surface area contributed by atoms with E-state index in [2.05, 4.69) is 12.2 Å². The van der Waals surface area contributed by atoms with Crippen molar-refractivity contribution in [3.05, 3.63) is 72.8 Å². The summed E-state index contributed by atoms with van der Waals surface area (Å²) < 4.78 is 12.2. The highest BCUT2D eigenvalue weighted by atomic mass is 31.2. The van der Waals surface area contributed by atoms with Gasteiger partial charge in [-0.05, 0) is 37.1 Å². The Labute approximate surface area is 121 Å². The van der Waals surface area contributed by atoms with Gasteiger partial charge < -0.3 is 9.05 Å². The van der Waals surface area contributed by atoms with E-state index in [9.17, 15) is 0 Å². The van der Waals surface area contributed by atoms with Gasteiger partial charge in [0.15, 0.2) is 0 Å². The molecule has 2 aromatic carbocycles. The molecule has 2 aromatic rings. The molecule has 2 nitrogen and oxygen atoms in total. The van der Waals surface area contributed by atoms with Crippen molar-refractivity contribution in [2.75, 3.05) is 0 Å². The molecule has 0 N–H and O–H groups in total. The molecule has 1 aliphatic rings. The summed E-state index contributed by atoms with van der Waals surface area (Å²) in [5, 5.41) is 0. The zero-order valence-electron chi connectivity index (χ0n) is 11.2. The molecule has 3 rings (SSSR count). The topological polar surface area (TPSA) is 18.5 Å². The lowest BCUT2D eigenvalue weighted by Gasteiger charge is -2.22. The van der Waals surface area contributed by atoms with E-state index in [0.29, 0.717) is 5.66 Å². The Morgan fingerprint density at radius 1 is 0.800 bits per heavy atom. The van der Waals surface area contributed by atoms with Crippen molar-refractivity contribution in [2.24, 2.45) is 0 Å². The Kier molecular flexibility index (Phi) is 4.35. The first-order valence-electron chi connectivity index (χ1n) is 6.84. The summed E-state index contributed by atoms with van der Waals surface area (Å²) in [7, 11) is -1.00. The van der Waals surface area contributed by atoms with Crippen LogP contribution in [0, 0.1) is 0 Å². The van der Waals surface area contributed by atoms with Crippen molar-refractivity contribution in [1.82, 2.24) is 0 Å².